The number of ether oxygens (including phenoxy) is 1. The number of aromatic nitrogens is 2. The number of hydrogen-bond acceptors (Lipinski definition) is 5. The van der Waals surface area contributed by atoms with Crippen LogP contribution < -0.4 is 0 Å². The predicted molar refractivity (Wildman–Crippen MR) is 121 cm³/mol. The Morgan fingerprint density at radius 2 is 1.84 bits per heavy atom. The molecule has 0 fully saturated rings. The summed E-state index contributed by atoms with van der Waals surface area (Å²) in [6.07, 6.45) is 1.98. The fourth-order valence-electron chi connectivity index (χ4n) is 3.33. The van der Waals surface area contributed by atoms with Gasteiger partial charge in [0, 0.05) is 26.1 Å². The van der Waals surface area contributed by atoms with Gasteiger partial charge in [0.15, 0.2) is 0 Å². The molecule has 0 saturated carbocycles. The molecule has 8 heteroatoms. The molecule has 2 rings (SSSR count). The topological polar surface area (TPSA) is 81.5 Å². The Labute approximate surface area is 186 Å². The molecule has 1 aromatic carbocycles. The molecule has 0 atom stereocenters. The summed E-state index contributed by atoms with van der Waals surface area (Å²) in [6, 6.07) is 9.02. The molecule has 0 aliphatic carbocycles. The Bertz CT molecular complexity index is 960. The second-order valence-electron chi connectivity index (χ2n) is 9.27. The number of hydrogen-bond donors (Lipinski definition) is 0. The Hall–Kier alpha value is -2.19. The summed E-state index contributed by atoms with van der Waals surface area (Å²) in [5, 5.41) is 0.00961. The van der Waals surface area contributed by atoms with Crippen LogP contribution in [0, 0.1) is 5.41 Å². The van der Waals surface area contributed by atoms with Crippen molar-refractivity contribution in [3.63, 3.8) is 0 Å². The number of nitrogens with zero attached hydrogens (tertiary/aromatic N) is 3. The lowest BCUT2D eigenvalue weighted by molar-refractivity contribution is -0.135. The molecular weight excluding hydrogens is 414 g/mol. The van der Waals surface area contributed by atoms with E-state index in [0.717, 1.165) is 0 Å². The second-order valence-corrected chi connectivity index (χ2v) is 11.2. The van der Waals surface area contributed by atoms with Crippen molar-refractivity contribution in [3.8, 4) is 0 Å². The maximum atomic E-state index is 13.1. The van der Waals surface area contributed by atoms with Gasteiger partial charge in [-0.3, -0.25) is 4.79 Å². The first-order valence-corrected chi connectivity index (χ1v) is 12.2. The number of carbonyl (C=O) groups is 1. The third-order valence-electron chi connectivity index (χ3n) is 4.86. The molecule has 0 aliphatic heterocycles. The summed E-state index contributed by atoms with van der Waals surface area (Å²) >= 11 is 0. The van der Waals surface area contributed by atoms with Crippen LogP contribution in [0.4, 0.5) is 0 Å². The smallest absolute Gasteiger partial charge is 0.228 e. The average Bonchev–Trinajstić information content (AvgIpc) is 3.06. The average molecular weight is 450 g/mol. The Morgan fingerprint density at radius 1 is 1.19 bits per heavy atom. The Balaban J connectivity index is 2.37. The zero-order valence-electron chi connectivity index (χ0n) is 19.5. The van der Waals surface area contributed by atoms with Crippen LogP contribution in [0.5, 0.6) is 0 Å². The van der Waals surface area contributed by atoms with Gasteiger partial charge in [-0.1, -0.05) is 51.1 Å². The van der Waals surface area contributed by atoms with Crippen molar-refractivity contribution in [1.29, 1.82) is 0 Å². The molecule has 0 N–H and O–H groups in total. The molecule has 0 unspecified atom stereocenters. The largest absolute Gasteiger partial charge is 0.383 e. The van der Waals surface area contributed by atoms with Gasteiger partial charge in [0.25, 0.3) is 0 Å². The van der Waals surface area contributed by atoms with E-state index in [-0.39, 0.29) is 28.3 Å². The van der Waals surface area contributed by atoms with Gasteiger partial charge in [-0.2, -0.15) is 0 Å². The molecule has 31 heavy (non-hydrogen) atoms. The summed E-state index contributed by atoms with van der Waals surface area (Å²) in [6.45, 7) is 11.0. The van der Waals surface area contributed by atoms with Crippen molar-refractivity contribution >= 4 is 15.7 Å². The highest BCUT2D eigenvalue weighted by Gasteiger charge is 2.27. The first-order valence-electron chi connectivity index (χ1n) is 10.5. The SMILES string of the molecule is COCCn1c(CN(C(=O)CC(C)(C)C)C(C)C)cnc1S(=O)(=O)Cc1ccccc1. The van der Waals surface area contributed by atoms with E-state index in [1.165, 1.54) is 0 Å². The number of imidazole rings is 1. The normalized spacial score (nSPS) is 12.4. The van der Waals surface area contributed by atoms with Crippen LogP contribution in [0.3, 0.4) is 0 Å². The quantitative estimate of drug-likeness (QED) is 0.553. The van der Waals surface area contributed by atoms with Crippen molar-refractivity contribution in [2.75, 3.05) is 13.7 Å². The zero-order chi connectivity index (χ0) is 23.2. The van der Waals surface area contributed by atoms with E-state index >= 15 is 0 Å². The molecule has 0 bridgehead atoms. The fourth-order valence-corrected chi connectivity index (χ4v) is 4.85. The molecule has 0 spiro atoms. The monoisotopic (exact) mass is 449 g/mol. The van der Waals surface area contributed by atoms with Gasteiger partial charge in [-0.25, -0.2) is 13.4 Å². The van der Waals surface area contributed by atoms with Gasteiger partial charge in [-0.15, -0.1) is 0 Å². The fraction of sp³-hybridized carbons (Fsp3) is 0.565. The van der Waals surface area contributed by atoms with Gasteiger partial charge < -0.3 is 14.2 Å². The van der Waals surface area contributed by atoms with Gasteiger partial charge in [0.1, 0.15) is 0 Å². The zero-order valence-corrected chi connectivity index (χ0v) is 20.3. The molecule has 7 nitrogen and oxygen atoms in total. The van der Waals surface area contributed by atoms with E-state index in [4.69, 9.17) is 4.74 Å². The molecule has 0 saturated heterocycles. The lowest BCUT2D eigenvalue weighted by atomic mass is 9.91. The molecular formula is C23H35N3O4S. The minimum Gasteiger partial charge on any atom is -0.383 e. The van der Waals surface area contributed by atoms with E-state index in [0.29, 0.717) is 37.4 Å². The van der Waals surface area contributed by atoms with Crippen LogP contribution >= 0.6 is 0 Å². The van der Waals surface area contributed by atoms with Gasteiger partial charge in [-0.05, 0) is 24.8 Å². The van der Waals surface area contributed by atoms with E-state index < -0.39 is 9.84 Å². The van der Waals surface area contributed by atoms with E-state index in [9.17, 15) is 13.2 Å². The maximum Gasteiger partial charge on any atom is 0.228 e. The van der Waals surface area contributed by atoms with E-state index in [1.54, 1.807) is 34.9 Å². The van der Waals surface area contributed by atoms with Crippen LogP contribution in [-0.4, -0.2) is 48.5 Å². The number of amides is 1. The van der Waals surface area contributed by atoms with Crippen molar-refractivity contribution in [3.05, 3.63) is 47.8 Å². The van der Waals surface area contributed by atoms with Crippen molar-refractivity contribution < 1.29 is 17.9 Å². The second kappa shape index (κ2) is 10.4. The minimum atomic E-state index is -3.67. The molecule has 0 radical (unpaired) electrons. The number of rotatable bonds is 10. The van der Waals surface area contributed by atoms with E-state index in [2.05, 4.69) is 4.98 Å². The minimum absolute atomic E-state index is 0.00961. The predicted octanol–water partition coefficient (Wildman–Crippen LogP) is 3.68. The summed E-state index contributed by atoms with van der Waals surface area (Å²) < 4.78 is 33.1. The molecule has 0 aliphatic rings. The highest BCUT2D eigenvalue weighted by molar-refractivity contribution is 7.90. The van der Waals surface area contributed by atoms with Crippen molar-refractivity contribution in [2.45, 2.75) is 71.1 Å². The van der Waals surface area contributed by atoms with Gasteiger partial charge >= 0.3 is 0 Å². The number of sulfone groups is 1. The van der Waals surface area contributed by atoms with Gasteiger partial charge in [0.2, 0.25) is 20.9 Å². The summed E-state index contributed by atoms with van der Waals surface area (Å²) in [7, 11) is -2.09. The first-order chi connectivity index (χ1) is 14.4. The highest BCUT2D eigenvalue weighted by Crippen LogP contribution is 2.23. The number of benzene rings is 1. The lowest BCUT2D eigenvalue weighted by Crippen LogP contribution is -2.39. The molecule has 172 valence electrons. The highest BCUT2D eigenvalue weighted by atomic mass is 32.2. The molecule has 1 heterocycles. The Morgan fingerprint density at radius 3 is 2.39 bits per heavy atom. The van der Waals surface area contributed by atoms with Gasteiger partial charge in [0.05, 0.1) is 30.8 Å². The molecule has 2 aromatic rings. The molecule has 1 amide bonds. The number of methoxy groups -OCH3 is 1. The first kappa shape index (κ1) is 25.1. The van der Waals surface area contributed by atoms with Crippen LogP contribution in [0.2, 0.25) is 0 Å². The Kier molecular flexibility index (Phi) is 8.42. The summed E-state index contributed by atoms with van der Waals surface area (Å²) in [5.74, 6) is -0.0932. The van der Waals surface area contributed by atoms with Crippen LogP contribution in [0.1, 0.15) is 52.3 Å². The summed E-state index contributed by atoms with van der Waals surface area (Å²) in [4.78, 5) is 19.0. The standard InChI is InChI=1S/C23H35N3O4S/c1-18(2)26(21(27)14-23(3,4)5)16-20-15-24-22(25(20)12-13-30-6)31(28,29)17-19-10-8-7-9-11-19/h7-11,15,18H,12-14,16-17H2,1-6H3. The van der Waals surface area contributed by atoms with Crippen LogP contribution in [-0.2, 0) is 38.2 Å². The van der Waals surface area contributed by atoms with Crippen LogP contribution in [0.15, 0.2) is 41.7 Å². The molecule has 1 aromatic heterocycles. The number of carbonyl (C=O) groups excluding carboxylic acids is 1. The van der Waals surface area contributed by atoms with Crippen molar-refractivity contribution in [2.24, 2.45) is 5.41 Å². The third-order valence-corrected chi connectivity index (χ3v) is 6.45. The maximum absolute atomic E-state index is 13.1. The third kappa shape index (κ3) is 7.18. The lowest BCUT2D eigenvalue weighted by Gasteiger charge is -2.30. The van der Waals surface area contributed by atoms with E-state index in [1.807, 2.05) is 52.8 Å². The summed E-state index contributed by atoms with van der Waals surface area (Å²) in [5.41, 5.74) is 1.25. The van der Waals surface area contributed by atoms with Crippen molar-refractivity contribution in [1.82, 2.24) is 14.5 Å². The van der Waals surface area contributed by atoms with Crippen LogP contribution in [0.25, 0.3) is 0 Å².